The summed E-state index contributed by atoms with van der Waals surface area (Å²) in [6, 6.07) is 4.98. The number of halogens is 2. The molecule has 0 N–H and O–H groups in total. The van der Waals surface area contributed by atoms with Gasteiger partial charge in [-0.2, -0.15) is 5.10 Å². The minimum absolute atomic E-state index is 0.0381. The van der Waals surface area contributed by atoms with Gasteiger partial charge in [0.05, 0.1) is 22.6 Å². The van der Waals surface area contributed by atoms with Crippen LogP contribution in [0.3, 0.4) is 0 Å². The van der Waals surface area contributed by atoms with Crippen LogP contribution in [0.2, 0.25) is 5.15 Å². The largest absolute Gasteiger partial charge is 0.349 e. The van der Waals surface area contributed by atoms with Crippen LogP contribution in [-0.2, 0) is 6.54 Å². The van der Waals surface area contributed by atoms with Crippen LogP contribution in [0.1, 0.15) is 44.0 Å². The SMILES string of the molecule is Cc1nn(CC(C)C)c(Cl)c1C1CCCN1c1ncnc2cccc(F)c12. The number of rotatable bonds is 4. The van der Waals surface area contributed by atoms with E-state index in [1.54, 1.807) is 6.07 Å². The molecule has 0 amide bonds. The first kappa shape index (κ1) is 18.2. The average molecular weight is 388 g/mol. The number of anilines is 1. The quantitative estimate of drug-likeness (QED) is 0.637. The van der Waals surface area contributed by atoms with Crippen molar-refractivity contribution in [2.24, 2.45) is 5.92 Å². The zero-order valence-electron chi connectivity index (χ0n) is 15.8. The standard InChI is InChI=1S/C20H23ClFN5/c1-12(2)10-27-19(21)17(13(3)25-27)16-8-5-9-26(16)20-18-14(22)6-4-7-15(18)23-11-24-20/h4,6-7,11-12,16H,5,8-10H2,1-3H3. The fraction of sp³-hybridized carbons (Fsp3) is 0.450. The maximum absolute atomic E-state index is 14.6. The molecular weight excluding hydrogens is 365 g/mol. The number of fused-ring (bicyclic) bond motifs is 1. The molecule has 1 aliphatic rings. The lowest BCUT2D eigenvalue weighted by atomic mass is 10.1. The third kappa shape index (κ3) is 3.16. The molecular formula is C20H23ClFN5. The highest BCUT2D eigenvalue weighted by Gasteiger charge is 2.33. The predicted octanol–water partition coefficient (Wildman–Crippen LogP) is 4.92. The van der Waals surface area contributed by atoms with Gasteiger partial charge >= 0.3 is 0 Å². The lowest BCUT2D eigenvalue weighted by Crippen LogP contribution is -2.24. The van der Waals surface area contributed by atoms with Gasteiger partial charge < -0.3 is 4.90 Å². The number of benzene rings is 1. The van der Waals surface area contributed by atoms with Gasteiger partial charge in [0.15, 0.2) is 0 Å². The highest BCUT2D eigenvalue weighted by atomic mass is 35.5. The Kier molecular flexibility index (Phi) is 4.76. The molecule has 4 rings (SSSR count). The molecule has 1 unspecified atom stereocenters. The summed E-state index contributed by atoms with van der Waals surface area (Å²) in [6.07, 6.45) is 3.44. The molecule has 1 saturated heterocycles. The molecule has 5 nitrogen and oxygen atoms in total. The second-order valence-corrected chi connectivity index (χ2v) is 7.91. The van der Waals surface area contributed by atoms with Gasteiger partial charge in [-0.3, -0.25) is 4.68 Å². The van der Waals surface area contributed by atoms with Crippen LogP contribution in [0.15, 0.2) is 24.5 Å². The Labute approximate surface area is 163 Å². The van der Waals surface area contributed by atoms with E-state index in [4.69, 9.17) is 11.6 Å². The summed E-state index contributed by atoms with van der Waals surface area (Å²) in [4.78, 5) is 10.8. The summed E-state index contributed by atoms with van der Waals surface area (Å²) in [5.74, 6) is 0.786. The van der Waals surface area contributed by atoms with Crippen molar-refractivity contribution >= 4 is 28.3 Å². The van der Waals surface area contributed by atoms with Crippen LogP contribution in [0.5, 0.6) is 0 Å². The summed E-state index contributed by atoms with van der Waals surface area (Å²) in [6.45, 7) is 7.86. The molecule has 1 aliphatic heterocycles. The van der Waals surface area contributed by atoms with Crippen LogP contribution in [0.4, 0.5) is 10.2 Å². The molecule has 3 heterocycles. The molecule has 3 aromatic rings. The molecule has 2 aromatic heterocycles. The normalized spacial score (nSPS) is 17.4. The fourth-order valence-electron chi connectivity index (χ4n) is 4.00. The van der Waals surface area contributed by atoms with Crippen molar-refractivity contribution < 1.29 is 4.39 Å². The monoisotopic (exact) mass is 387 g/mol. The lowest BCUT2D eigenvalue weighted by molar-refractivity contribution is 0.481. The highest BCUT2D eigenvalue weighted by Crippen LogP contribution is 2.42. The van der Waals surface area contributed by atoms with Crippen molar-refractivity contribution in [3.05, 3.63) is 46.8 Å². The first-order valence-electron chi connectivity index (χ1n) is 9.36. The third-order valence-electron chi connectivity index (χ3n) is 5.10. The molecule has 0 aliphatic carbocycles. The van der Waals surface area contributed by atoms with Gasteiger partial charge in [-0.25, -0.2) is 14.4 Å². The molecule has 0 bridgehead atoms. The summed E-state index contributed by atoms with van der Waals surface area (Å²) in [5, 5.41) is 5.80. The maximum Gasteiger partial charge on any atom is 0.143 e. The average Bonchev–Trinajstić information content (AvgIpc) is 3.19. The second kappa shape index (κ2) is 7.08. The molecule has 142 valence electrons. The Morgan fingerprint density at radius 2 is 2.11 bits per heavy atom. The number of nitrogens with zero attached hydrogens (tertiary/aromatic N) is 5. The Bertz CT molecular complexity index is 979. The fourth-order valence-corrected chi connectivity index (χ4v) is 4.37. The van der Waals surface area contributed by atoms with E-state index in [2.05, 4.69) is 33.8 Å². The zero-order valence-corrected chi connectivity index (χ0v) is 16.5. The molecule has 0 radical (unpaired) electrons. The van der Waals surface area contributed by atoms with Crippen molar-refractivity contribution in [1.82, 2.24) is 19.7 Å². The van der Waals surface area contributed by atoms with Crippen molar-refractivity contribution in [2.45, 2.75) is 46.2 Å². The summed E-state index contributed by atoms with van der Waals surface area (Å²) in [7, 11) is 0. The van der Waals surface area contributed by atoms with Gasteiger partial charge in [0.2, 0.25) is 0 Å². The Hall–Kier alpha value is -2.21. The first-order valence-corrected chi connectivity index (χ1v) is 9.73. The van der Waals surface area contributed by atoms with E-state index in [0.29, 0.717) is 27.8 Å². The van der Waals surface area contributed by atoms with Gasteiger partial charge in [-0.05, 0) is 37.8 Å². The van der Waals surface area contributed by atoms with Crippen molar-refractivity contribution in [2.75, 3.05) is 11.4 Å². The molecule has 1 atom stereocenters. The van der Waals surface area contributed by atoms with Gasteiger partial charge in [0.1, 0.15) is 23.1 Å². The maximum atomic E-state index is 14.6. The molecule has 27 heavy (non-hydrogen) atoms. The predicted molar refractivity (Wildman–Crippen MR) is 106 cm³/mol. The summed E-state index contributed by atoms with van der Waals surface area (Å²) in [5.41, 5.74) is 2.57. The van der Waals surface area contributed by atoms with E-state index < -0.39 is 0 Å². The van der Waals surface area contributed by atoms with Gasteiger partial charge in [-0.1, -0.05) is 31.5 Å². The molecule has 0 saturated carbocycles. The molecule has 1 fully saturated rings. The van der Waals surface area contributed by atoms with Gasteiger partial charge in [0, 0.05) is 18.7 Å². The van der Waals surface area contributed by atoms with E-state index in [0.717, 1.165) is 37.2 Å². The van der Waals surface area contributed by atoms with E-state index in [-0.39, 0.29) is 11.9 Å². The highest BCUT2D eigenvalue weighted by molar-refractivity contribution is 6.30. The van der Waals surface area contributed by atoms with Crippen LogP contribution in [0, 0.1) is 18.7 Å². The number of hydrogen-bond acceptors (Lipinski definition) is 4. The number of hydrogen-bond donors (Lipinski definition) is 0. The smallest absolute Gasteiger partial charge is 0.143 e. The van der Waals surface area contributed by atoms with Crippen molar-refractivity contribution in [3.8, 4) is 0 Å². The van der Waals surface area contributed by atoms with Crippen molar-refractivity contribution in [1.29, 1.82) is 0 Å². The van der Waals surface area contributed by atoms with Crippen LogP contribution in [0.25, 0.3) is 10.9 Å². The second-order valence-electron chi connectivity index (χ2n) is 7.55. The topological polar surface area (TPSA) is 46.8 Å². The van der Waals surface area contributed by atoms with Crippen molar-refractivity contribution in [3.63, 3.8) is 0 Å². The molecule has 1 aromatic carbocycles. The number of aryl methyl sites for hydroxylation is 1. The summed E-state index contributed by atoms with van der Waals surface area (Å²) < 4.78 is 16.5. The zero-order chi connectivity index (χ0) is 19.1. The van der Waals surface area contributed by atoms with Gasteiger partial charge in [0.25, 0.3) is 0 Å². The first-order chi connectivity index (χ1) is 13.0. The Balaban J connectivity index is 1.80. The van der Waals surface area contributed by atoms with E-state index in [1.165, 1.54) is 12.4 Å². The van der Waals surface area contributed by atoms with Crippen LogP contribution < -0.4 is 4.90 Å². The minimum Gasteiger partial charge on any atom is -0.349 e. The minimum atomic E-state index is -0.299. The van der Waals surface area contributed by atoms with E-state index in [9.17, 15) is 4.39 Å². The van der Waals surface area contributed by atoms with E-state index >= 15 is 0 Å². The Morgan fingerprint density at radius 3 is 2.89 bits per heavy atom. The van der Waals surface area contributed by atoms with Gasteiger partial charge in [-0.15, -0.1) is 0 Å². The third-order valence-corrected chi connectivity index (χ3v) is 5.50. The molecule has 0 spiro atoms. The number of aromatic nitrogens is 4. The molecule has 7 heteroatoms. The van der Waals surface area contributed by atoms with E-state index in [1.807, 2.05) is 17.7 Å². The Morgan fingerprint density at radius 1 is 1.30 bits per heavy atom. The lowest BCUT2D eigenvalue weighted by Gasteiger charge is -2.27. The van der Waals surface area contributed by atoms with Crippen LogP contribution >= 0.6 is 11.6 Å². The van der Waals surface area contributed by atoms with Crippen LogP contribution in [-0.4, -0.2) is 26.3 Å². The summed E-state index contributed by atoms with van der Waals surface area (Å²) >= 11 is 6.72.